The van der Waals surface area contributed by atoms with Gasteiger partial charge in [0.25, 0.3) is 0 Å². The Kier molecular flexibility index (Phi) is 6.06. The molecule has 2 aromatic rings. The van der Waals surface area contributed by atoms with Crippen molar-refractivity contribution in [2.24, 2.45) is 5.92 Å². The summed E-state index contributed by atoms with van der Waals surface area (Å²) < 4.78 is 0. The topological polar surface area (TPSA) is 24.1 Å². The Bertz CT molecular complexity index is 757. The van der Waals surface area contributed by atoms with Crippen LogP contribution in [0, 0.1) is 5.92 Å². The minimum atomic E-state index is 0.331. The van der Waals surface area contributed by atoms with Crippen LogP contribution >= 0.6 is 0 Å². The first-order valence-electron chi connectivity index (χ1n) is 10.4. The Morgan fingerprint density at radius 2 is 1.59 bits per heavy atom. The summed E-state index contributed by atoms with van der Waals surface area (Å²) in [5, 5.41) is 7.72. The molecule has 1 aliphatic carbocycles. The van der Waals surface area contributed by atoms with Gasteiger partial charge in [0.15, 0.2) is 0 Å². The van der Waals surface area contributed by atoms with Crippen LogP contribution in [0.3, 0.4) is 0 Å². The van der Waals surface area contributed by atoms with Crippen molar-refractivity contribution in [1.29, 1.82) is 0 Å². The van der Waals surface area contributed by atoms with Gasteiger partial charge in [-0.3, -0.25) is 0 Å². The van der Waals surface area contributed by atoms with Crippen LogP contribution in [-0.4, -0.2) is 12.1 Å². The predicted molar refractivity (Wildman–Crippen MR) is 114 cm³/mol. The van der Waals surface area contributed by atoms with Gasteiger partial charge >= 0.3 is 0 Å². The van der Waals surface area contributed by atoms with Crippen molar-refractivity contribution in [3.8, 4) is 0 Å². The van der Waals surface area contributed by atoms with E-state index in [0.717, 1.165) is 12.5 Å². The maximum Gasteiger partial charge on any atom is 0.0603 e. The first-order chi connectivity index (χ1) is 13.4. The van der Waals surface area contributed by atoms with E-state index in [0.29, 0.717) is 12.1 Å². The highest BCUT2D eigenvalue weighted by atomic mass is 15.0. The molecular weight excluding hydrogens is 328 g/mol. The molecule has 0 spiro atoms. The van der Waals surface area contributed by atoms with Crippen LogP contribution in [-0.2, 0) is 6.54 Å². The average molecular weight is 359 g/mol. The van der Waals surface area contributed by atoms with Gasteiger partial charge in [-0.05, 0) is 36.0 Å². The van der Waals surface area contributed by atoms with Crippen molar-refractivity contribution in [3.63, 3.8) is 0 Å². The molecule has 0 amide bonds. The minimum absolute atomic E-state index is 0.331. The zero-order chi connectivity index (χ0) is 18.3. The maximum absolute atomic E-state index is 3.91. The quantitative estimate of drug-likeness (QED) is 0.733. The Balaban J connectivity index is 1.49. The standard InChI is InChI=1S/C25H30N2/c1-4-11-20(12-5-1)19-26-25(22-15-8-3-9-16-22)24-18-10-17-23(27-24)21-13-6-2-7-14-21/h1-2,4-7,10-14,17-18,22,24-27H,3,8-9,15-16,19H2. The molecule has 0 aromatic heterocycles. The molecule has 0 saturated heterocycles. The third-order valence-electron chi connectivity index (χ3n) is 5.92. The molecule has 1 fully saturated rings. The Labute approximate surface area is 163 Å². The second kappa shape index (κ2) is 9.05. The van der Waals surface area contributed by atoms with Crippen LogP contribution in [0.5, 0.6) is 0 Å². The average Bonchev–Trinajstić information content (AvgIpc) is 2.76. The first kappa shape index (κ1) is 18.1. The molecule has 1 heterocycles. The second-order valence-electron chi connectivity index (χ2n) is 7.79. The third-order valence-corrected chi connectivity index (χ3v) is 5.92. The van der Waals surface area contributed by atoms with E-state index < -0.39 is 0 Å². The van der Waals surface area contributed by atoms with Gasteiger partial charge in [0, 0.05) is 18.3 Å². The largest absolute Gasteiger partial charge is 0.377 e. The number of hydrogen-bond donors (Lipinski definition) is 2. The Morgan fingerprint density at radius 1 is 0.889 bits per heavy atom. The molecule has 0 radical (unpaired) electrons. The van der Waals surface area contributed by atoms with Crippen LogP contribution in [0.2, 0.25) is 0 Å². The van der Waals surface area contributed by atoms with Crippen molar-refractivity contribution in [1.82, 2.24) is 10.6 Å². The van der Waals surface area contributed by atoms with Crippen molar-refractivity contribution >= 4 is 5.70 Å². The van der Waals surface area contributed by atoms with E-state index >= 15 is 0 Å². The molecule has 1 saturated carbocycles. The van der Waals surface area contributed by atoms with Gasteiger partial charge in [0.05, 0.1) is 6.04 Å². The predicted octanol–water partition coefficient (Wildman–Crippen LogP) is 5.29. The van der Waals surface area contributed by atoms with Crippen molar-refractivity contribution < 1.29 is 0 Å². The fourth-order valence-electron chi connectivity index (χ4n) is 4.47. The molecule has 2 aromatic carbocycles. The fraction of sp³-hybridized carbons (Fsp3) is 0.360. The highest BCUT2D eigenvalue weighted by molar-refractivity contribution is 5.67. The van der Waals surface area contributed by atoms with E-state index in [1.54, 1.807) is 0 Å². The van der Waals surface area contributed by atoms with Crippen LogP contribution in [0.25, 0.3) is 5.70 Å². The summed E-state index contributed by atoms with van der Waals surface area (Å²) in [6.07, 6.45) is 13.6. The third kappa shape index (κ3) is 4.70. The summed E-state index contributed by atoms with van der Waals surface area (Å²) in [5.74, 6) is 0.736. The number of benzene rings is 2. The van der Waals surface area contributed by atoms with E-state index in [9.17, 15) is 0 Å². The van der Waals surface area contributed by atoms with Gasteiger partial charge in [-0.15, -0.1) is 0 Å². The van der Waals surface area contributed by atoms with E-state index in [4.69, 9.17) is 0 Å². The van der Waals surface area contributed by atoms with E-state index in [1.165, 1.54) is 48.9 Å². The van der Waals surface area contributed by atoms with E-state index in [1.807, 2.05) is 0 Å². The first-order valence-corrected chi connectivity index (χ1v) is 10.4. The molecule has 4 rings (SSSR count). The van der Waals surface area contributed by atoms with E-state index in [-0.39, 0.29) is 0 Å². The molecule has 2 atom stereocenters. The van der Waals surface area contributed by atoms with Gasteiger partial charge in [0.2, 0.25) is 0 Å². The number of allylic oxidation sites excluding steroid dienone is 2. The minimum Gasteiger partial charge on any atom is -0.377 e. The van der Waals surface area contributed by atoms with Crippen LogP contribution in [0.4, 0.5) is 0 Å². The molecule has 2 unspecified atom stereocenters. The fourth-order valence-corrected chi connectivity index (χ4v) is 4.47. The van der Waals surface area contributed by atoms with Gasteiger partial charge in [-0.25, -0.2) is 0 Å². The molecule has 140 valence electrons. The lowest BCUT2D eigenvalue weighted by molar-refractivity contribution is 0.244. The molecule has 0 bridgehead atoms. The summed E-state index contributed by atoms with van der Waals surface area (Å²) in [6.45, 7) is 0.929. The van der Waals surface area contributed by atoms with Gasteiger partial charge in [-0.2, -0.15) is 0 Å². The van der Waals surface area contributed by atoms with Crippen LogP contribution in [0.15, 0.2) is 78.9 Å². The Hall–Kier alpha value is -2.32. The van der Waals surface area contributed by atoms with Crippen molar-refractivity contribution in [2.45, 2.75) is 50.7 Å². The summed E-state index contributed by atoms with van der Waals surface area (Å²) in [5.41, 5.74) is 3.85. The van der Waals surface area contributed by atoms with Crippen LogP contribution < -0.4 is 10.6 Å². The SMILES string of the molecule is C1=CC(C(NCc2ccccc2)C2CCCCC2)NC(c2ccccc2)=C1. The van der Waals surface area contributed by atoms with Crippen molar-refractivity contribution in [2.75, 3.05) is 0 Å². The lowest BCUT2D eigenvalue weighted by Gasteiger charge is -2.37. The summed E-state index contributed by atoms with van der Waals surface area (Å²) in [4.78, 5) is 0. The highest BCUT2D eigenvalue weighted by Crippen LogP contribution is 2.30. The lowest BCUT2D eigenvalue weighted by atomic mass is 9.80. The molecular formula is C25H30N2. The molecule has 2 N–H and O–H groups in total. The zero-order valence-corrected chi connectivity index (χ0v) is 16.0. The highest BCUT2D eigenvalue weighted by Gasteiger charge is 2.30. The van der Waals surface area contributed by atoms with Gasteiger partial charge in [0.1, 0.15) is 0 Å². The summed E-state index contributed by atoms with van der Waals surface area (Å²) >= 11 is 0. The zero-order valence-electron chi connectivity index (χ0n) is 16.0. The van der Waals surface area contributed by atoms with Crippen LogP contribution in [0.1, 0.15) is 43.2 Å². The van der Waals surface area contributed by atoms with Crippen molar-refractivity contribution in [3.05, 3.63) is 90.0 Å². The summed E-state index contributed by atoms with van der Waals surface area (Å²) in [7, 11) is 0. The lowest BCUT2D eigenvalue weighted by Crippen LogP contribution is -2.51. The molecule has 2 aliphatic rings. The second-order valence-corrected chi connectivity index (χ2v) is 7.79. The van der Waals surface area contributed by atoms with E-state index in [2.05, 4.69) is 89.5 Å². The molecule has 1 aliphatic heterocycles. The monoisotopic (exact) mass is 358 g/mol. The summed E-state index contributed by atoms with van der Waals surface area (Å²) in [6, 6.07) is 22.2. The molecule has 2 nitrogen and oxygen atoms in total. The normalized spacial score (nSPS) is 21.3. The smallest absolute Gasteiger partial charge is 0.0603 e. The number of rotatable bonds is 6. The molecule has 2 heteroatoms. The maximum atomic E-state index is 3.91. The number of hydrogen-bond acceptors (Lipinski definition) is 2. The number of dihydropyridines is 1. The molecule has 27 heavy (non-hydrogen) atoms. The van der Waals surface area contributed by atoms with Gasteiger partial charge in [-0.1, -0.05) is 92.1 Å². The Morgan fingerprint density at radius 3 is 2.33 bits per heavy atom. The van der Waals surface area contributed by atoms with Gasteiger partial charge < -0.3 is 10.6 Å². The number of nitrogens with one attached hydrogen (secondary N) is 2.